The second kappa shape index (κ2) is 6.18. The molecule has 0 aromatic heterocycles. The number of nitriles is 1. The molecule has 1 saturated heterocycles. The van der Waals surface area contributed by atoms with E-state index in [1.165, 1.54) is 5.56 Å². The highest BCUT2D eigenvalue weighted by Gasteiger charge is 2.40. The Balaban J connectivity index is 2.04. The molecule has 1 N–H and O–H groups in total. The molecule has 1 aromatic carbocycles. The molecule has 1 aliphatic rings. The molecule has 3 heteroatoms. The summed E-state index contributed by atoms with van der Waals surface area (Å²) in [6.07, 6.45) is 1.55. The Kier molecular flexibility index (Phi) is 4.57. The Morgan fingerprint density at radius 1 is 1.42 bits per heavy atom. The molecule has 1 heterocycles. The molecule has 2 rings (SSSR count). The fraction of sp³-hybridized carbons (Fsp3) is 0.562. The molecule has 19 heavy (non-hydrogen) atoms. The Labute approximate surface area is 114 Å². The zero-order chi connectivity index (χ0) is 13.7. The third-order valence-electron chi connectivity index (χ3n) is 4.08. The number of hydrogen-bond donors (Lipinski definition) is 1. The molecule has 0 spiro atoms. The lowest BCUT2D eigenvalue weighted by atomic mass is 9.75. The van der Waals surface area contributed by atoms with Gasteiger partial charge in [-0.15, -0.1) is 0 Å². The van der Waals surface area contributed by atoms with Crippen LogP contribution in [0, 0.1) is 16.7 Å². The van der Waals surface area contributed by atoms with Gasteiger partial charge in [-0.25, -0.2) is 0 Å². The van der Waals surface area contributed by atoms with Gasteiger partial charge in [0.25, 0.3) is 0 Å². The molecule has 0 saturated carbocycles. The minimum atomic E-state index is -0.721. The Morgan fingerprint density at radius 2 is 2.16 bits per heavy atom. The van der Waals surface area contributed by atoms with Crippen LogP contribution in [0.3, 0.4) is 0 Å². The molecule has 0 amide bonds. The van der Waals surface area contributed by atoms with Gasteiger partial charge in [0.05, 0.1) is 18.8 Å². The van der Waals surface area contributed by atoms with Gasteiger partial charge in [0.15, 0.2) is 0 Å². The summed E-state index contributed by atoms with van der Waals surface area (Å²) < 4.78 is 5.40. The van der Waals surface area contributed by atoms with Crippen LogP contribution < -0.4 is 0 Å². The molecule has 0 aliphatic carbocycles. The third kappa shape index (κ3) is 3.15. The van der Waals surface area contributed by atoms with Crippen LogP contribution in [0.15, 0.2) is 30.3 Å². The average molecular weight is 259 g/mol. The fourth-order valence-corrected chi connectivity index (χ4v) is 2.72. The number of aliphatic hydroxyl groups excluding tert-OH is 1. The molecule has 1 fully saturated rings. The Bertz CT molecular complexity index is 432. The van der Waals surface area contributed by atoms with Crippen LogP contribution in [0.1, 0.15) is 37.7 Å². The normalized spacial score (nSPS) is 26.4. The van der Waals surface area contributed by atoms with Crippen molar-refractivity contribution in [3.8, 4) is 6.07 Å². The molecule has 102 valence electrons. The third-order valence-corrected chi connectivity index (χ3v) is 4.08. The standard InChI is InChI=1S/C16H21NO2/c1-13(14-6-3-2-4-7-14)10-15(18)16(11-17)8-5-9-19-12-16/h2-4,6-7,13,15,18H,5,8-10,12H2,1H3. The van der Waals surface area contributed by atoms with Crippen LogP contribution in [0.2, 0.25) is 0 Å². The maximum absolute atomic E-state index is 10.5. The summed E-state index contributed by atoms with van der Waals surface area (Å²) in [5.41, 5.74) is 0.479. The first kappa shape index (κ1) is 14.0. The highest BCUT2D eigenvalue weighted by Crippen LogP contribution is 2.36. The van der Waals surface area contributed by atoms with Crippen molar-refractivity contribution in [2.45, 2.75) is 38.2 Å². The van der Waals surface area contributed by atoms with Gasteiger partial charge in [0.1, 0.15) is 5.41 Å². The highest BCUT2D eigenvalue weighted by molar-refractivity contribution is 5.19. The molecule has 0 radical (unpaired) electrons. The summed E-state index contributed by atoms with van der Waals surface area (Å²) in [6, 6.07) is 12.4. The van der Waals surface area contributed by atoms with Crippen molar-refractivity contribution in [2.24, 2.45) is 5.41 Å². The first-order chi connectivity index (χ1) is 9.18. The van der Waals surface area contributed by atoms with E-state index in [2.05, 4.69) is 25.1 Å². The monoisotopic (exact) mass is 259 g/mol. The number of rotatable bonds is 4. The van der Waals surface area contributed by atoms with Gasteiger partial charge in [-0.1, -0.05) is 37.3 Å². The maximum Gasteiger partial charge on any atom is 0.106 e. The lowest BCUT2D eigenvalue weighted by Gasteiger charge is -2.35. The molecular formula is C16H21NO2. The Morgan fingerprint density at radius 3 is 2.74 bits per heavy atom. The molecule has 3 unspecified atom stereocenters. The van der Waals surface area contributed by atoms with Crippen molar-refractivity contribution in [1.29, 1.82) is 5.26 Å². The summed E-state index contributed by atoms with van der Waals surface area (Å²) >= 11 is 0. The van der Waals surface area contributed by atoms with E-state index in [0.29, 0.717) is 19.6 Å². The van der Waals surface area contributed by atoms with E-state index in [-0.39, 0.29) is 5.92 Å². The second-order valence-electron chi connectivity index (χ2n) is 5.49. The molecule has 1 aliphatic heterocycles. The van der Waals surface area contributed by atoms with E-state index in [4.69, 9.17) is 4.74 Å². The van der Waals surface area contributed by atoms with Gasteiger partial charge in [-0.05, 0) is 30.7 Å². The van der Waals surface area contributed by atoms with E-state index in [1.807, 2.05) is 18.2 Å². The first-order valence-corrected chi connectivity index (χ1v) is 6.90. The summed E-state index contributed by atoms with van der Waals surface area (Å²) in [5, 5.41) is 19.9. The summed E-state index contributed by atoms with van der Waals surface area (Å²) in [5.74, 6) is 0.239. The zero-order valence-corrected chi connectivity index (χ0v) is 11.4. The predicted molar refractivity (Wildman–Crippen MR) is 73.6 cm³/mol. The van der Waals surface area contributed by atoms with E-state index in [9.17, 15) is 10.4 Å². The Hall–Kier alpha value is -1.37. The van der Waals surface area contributed by atoms with Crippen molar-refractivity contribution in [3.05, 3.63) is 35.9 Å². The fourth-order valence-electron chi connectivity index (χ4n) is 2.72. The minimum absolute atomic E-state index is 0.239. The van der Waals surface area contributed by atoms with Gasteiger partial charge in [0.2, 0.25) is 0 Å². The largest absolute Gasteiger partial charge is 0.391 e. The number of benzene rings is 1. The lowest BCUT2D eigenvalue weighted by molar-refractivity contribution is -0.0534. The van der Waals surface area contributed by atoms with Crippen molar-refractivity contribution in [3.63, 3.8) is 0 Å². The highest BCUT2D eigenvalue weighted by atomic mass is 16.5. The molecule has 3 atom stereocenters. The van der Waals surface area contributed by atoms with Gasteiger partial charge < -0.3 is 9.84 Å². The van der Waals surface area contributed by atoms with Crippen molar-refractivity contribution in [1.82, 2.24) is 0 Å². The summed E-state index contributed by atoms with van der Waals surface area (Å²) in [4.78, 5) is 0. The summed E-state index contributed by atoms with van der Waals surface area (Å²) in [7, 11) is 0. The average Bonchev–Trinajstić information content (AvgIpc) is 2.48. The zero-order valence-electron chi connectivity index (χ0n) is 11.4. The predicted octanol–water partition coefficient (Wildman–Crippen LogP) is 2.86. The topological polar surface area (TPSA) is 53.2 Å². The van der Waals surface area contributed by atoms with Crippen molar-refractivity contribution in [2.75, 3.05) is 13.2 Å². The van der Waals surface area contributed by atoms with Crippen LogP contribution in [0.25, 0.3) is 0 Å². The molecule has 3 nitrogen and oxygen atoms in total. The van der Waals surface area contributed by atoms with Crippen LogP contribution in [0.5, 0.6) is 0 Å². The number of aliphatic hydroxyl groups is 1. The molecule has 0 bridgehead atoms. The van der Waals surface area contributed by atoms with Crippen molar-refractivity contribution >= 4 is 0 Å². The maximum atomic E-state index is 10.5. The van der Waals surface area contributed by atoms with E-state index < -0.39 is 11.5 Å². The lowest BCUT2D eigenvalue weighted by Crippen LogP contribution is -2.41. The van der Waals surface area contributed by atoms with Crippen LogP contribution >= 0.6 is 0 Å². The smallest absolute Gasteiger partial charge is 0.106 e. The van der Waals surface area contributed by atoms with Crippen molar-refractivity contribution < 1.29 is 9.84 Å². The van der Waals surface area contributed by atoms with Gasteiger partial charge >= 0.3 is 0 Å². The van der Waals surface area contributed by atoms with Crippen LogP contribution in [-0.4, -0.2) is 24.4 Å². The SMILES string of the molecule is CC(CC(O)C1(C#N)CCCOC1)c1ccccc1. The van der Waals surface area contributed by atoms with Crippen LogP contribution in [0.4, 0.5) is 0 Å². The van der Waals surface area contributed by atoms with Gasteiger partial charge in [-0.2, -0.15) is 5.26 Å². The number of hydrogen-bond acceptors (Lipinski definition) is 3. The van der Waals surface area contributed by atoms with E-state index in [0.717, 1.165) is 12.8 Å². The quantitative estimate of drug-likeness (QED) is 0.904. The van der Waals surface area contributed by atoms with Gasteiger partial charge in [0, 0.05) is 6.61 Å². The number of nitrogens with zero attached hydrogens (tertiary/aromatic N) is 1. The second-order valence-corrected chi connectivity index (χ2v) is 5.49. The first-order valence-electron chi connectivity index (χ1n) is 6.90. The van der Waals surface area contributed by atoms with E-state index >= 15 is 0 Å². The summed E-state index contributed by atoms with van der Waals surface area (Å²) in [6.45, 7) is 3.14. The number of ether oxygens (including phenoxy) is 1. The minimum Gasteiger partial charge on any atom is -0.391 e. The van der Waals surface area contributed by atoms with Gasteiger partial charge in [-0.3, -0.25) is 0 Å². The molecule has 1 aromatic rings. The van der Waals surface area contributed by atoms with E-state index in [1.54, 1.807) is 0 Å². The van der Waals surface area contributed by atoms with Crippen LogP contribution in [-0.2, 0) is 4.74 Å². The molecular weight excluding hydrogens is 238 g/mol.